The van der Waals surface area contributed by atoms with Gasteiger partial charge in [-0.3, -0.25) is 9.69 Å². The van der Waals surface area contributed by atoms with E-state index in [-0.39, 0.29) is 5.60 Å². The third kappa shape index (κ3) is 6.92. The van der Waals surface area contributed by atoms with E-state index in [9.17, 15) is 4.79 Å². The fraction of sp³-hybridized carbons (Fsp3) is 0.933. The van der Waals surface area contributed by atoms with Crippen molar-refractivity contribution in [3.63, 3.8) is 0 Å². The fourth-order valence-electron chi connectivity index (χ4n) is 2.60. The van der Waals surface area contributed by atoms with Gasteiger partial charge in [-0.05, 0) is 40.7 Å². The van der Waals surface area contributed by atoms with Gasteiger partial charge in [-0.1, -0.05) is 12.8 Å². The summed E-state index contributed by atoms with van der Waals surface area (Å²) in [6, 6.07) is 0.943. The van der Waals surface area contributed by atoms with Gasteiger partial charge in [0.15, 0.2) is 0 Å². The Balaban J connectivity index is 0.000000224. The van der Waals surface area contributed by atoms with Gasteiger partial charge in [0, 0.05) is 32.2 Å². The Morgan fingerprint density at radius 1 is 1.05 bits per heavy atom. The largest absolute Gasteiger partial charge is 0.462 e. The van der Waals surface area contributed by atoms with Crippen molar-refractivity contribution >= 4 is 6.47 Å². The van der Waals surface area contributed by atoms with E-state index in [1.54, 1.807) is 0 Å². The van der Waals surface area contributed by atoms with E-state index in [1.165, 1.54) is 51.9 Å². The molecule has 0 atom stereocenters. The van der Waals surface area contributed by atoms with Crippen molar-refractivity contribution in [3.05, 3.63) is 0 Å². The molecule has 0 unspecified atom stereocenters. The van der Waals surface area contributed by atoms with E-state index < -0.39 is 0 Å². The molecule has 2 aliphatic rings. The van der Waals surface area contributed by atoms with Crippen LogP contribution in [0.25, 0.3) is 0 Å². The van der Waals surface area contributed by atoms with Crippen molar-refractivity contribution in [1.82, 2.24) is 9.80 Å². The summed E-state index contributed by atoms with van der Waals surface area (Å²) in [5.41, 5.74) is -0.318. The Hall–Kier alpha value is -0.610. The monoisotopic (exact) mass is 270 g/mol. The Kier molecular flexibility index (Phi) is 6.80. The second-order valence-corrected chi connectivity index (χ2v) is 6.60. The van der Waals surface area contributed by atoms with Gasteiger partial charge in [-0.15, -0.1) is 0 Å². The van der Waals surface area contributed by atoms with Gasteiger partial charge in [0.1, 0.15) is 5.60 Å². The average molecular weight is 270 g/mol. The molecule has 0 N–H and O–H groups in total. The van der Waals surface area contributed by atoms with Crippen LogP contribution in [0.15, 0.2) is 0 Å². The standard InChI is InChI=1S/C10H20N2.C5H10O2/c1-11-6-8-12(9-7-11)10-4-2-3-5-10;1-5(2,3)7-4-6/h10H,2-9H2,1H3;4H,1-3H3. The van der Waals surface area contributed by atoms with Crippen molar-refractivity contribution in [3.8, 4) is 0 Å². The van der Waals surface area contributed by atoms with Crippen LogP contribution in [0.5, 0.6) is 0 Å². The van der Waals surface area contributed by atoms with Gasteiger partial charge in [-0.25, -0.2) is 0 Å². The van der Waals surface area contributed by atoms with Crippen molar-refractivity contribution in [1.29, 1.82) is 0 Å². The van der Waals surface area contributed by atoms with Crippen molar-refractivity contribution in [2.24, 2.45) is 0 Å². The summed E-state index contributed by atoms with van der Waals surface area (Å²) in [5.74, 6) is 0. The highest BCUT2D eigenvalue weighted by molar-refractivity contribution is 5.37. The molecular formula is C15H30N2O2. The van der Waals surface area contributed by atoms with E-state index in [4.69, 9.17) is 0 Å². The number of ether oxygens (including phenoxy) is 1. The second-order valence-electron chi connectivity index (χ2n) is 6.60. The molecule has 112 valence electrons. The minimum absolute atomic E-state index is 0.318. The zero-order valence-electron chi connectivity index (χ0n) is 13.0. The molecule has 4 nitrogen and oxygen atoms in total. The maximum absolute atomic E-state index is 9.60. The minimum atomic E-state index is -0.318. The SMILES string of the molecule is CC(C)(C)OC=O.CN1CCN(C2CCCC2)CC1. The second kappa shape index (κ2) is 7.85. The van der Waals surface area contributed by atoms with Crippen molar-refractivity contribution in [2.45, 2.75) is 58.1 Å². The summed E-state index contributed by atoms with van der Waals surface area (Å²) < 4.78 is 4.55. The van der Waals surface area contributed by atoms with Crippen LogP contribution in [-0.4, -0.2) is 61.1 Å². The molecule has 4 heteroatoms. The highest BCUT2D eigenvalue weighted by atomic mass is 16.5. The first-order valence-corrected chi connectivity index (χ1v) is 7.46. The number of hydrogen-bond acceptors (Lipinski definition) is 4. The Labute approximate surface area is 118 Å². The van der Waals surface area contributed by atoms with Crippen LogP contribution >= 0.6 is 0 Å². The number of rotatable bonds is 2. The molecule has 1 saturated heterocycles. The first kappa shape index (κ1) is 16.4. The zero-order valence-corrected chi connectivity index (χ0v) is 13.0. The van der Waals surface area contributed by atoms with Crippen molar-refractivity contribution in [2.75, 3.05) is 33.2 Å². The lowest BCUT2D eigenvalue weighted by atomic mass is 10.2. The van der Waals surface area contributed by atoms with Gasteiger partial charge in [-0.2, -0.15) is 0 Å². The molecule has 19 heavy (non-hydrogen) atoms. The van der Waals surface area contributed by atoms with Crippen LogP contribution in [0.1, 0.15) is 46.5 Å². The summed E-state index contributed by atoms with van der Waals surface area (Å²) in [5, 5.41) is 0. The summed E-state index contributed by atoms with van der Waals surface area (Å²) in [7, 11) is 2.23. The summed E-state index contributed by atoms with van der Waals surface area (Å²) in [6.45, 7) is 11.1. The molecule has 0 aromatic heterocycles. The van der Waals surface area contributed by atoms with E-state index in [2.05, 4.69) is 21.6 Å². The highest BCUT2D eigenvalue weighted by Crippen LogP contribution is 2.23. The first-order chi connectivity index (χ1) is 8.92. The lowest BCUT2D eigenvalue weighted by Gasteiger charge is -2.36. The molecule has 0 aromatic rings. The van der Waals surface area contributed by atoms with Crippen LogP contribution in [0, 0.1) is 0 Å². The first-order valence-electron chi connectivity index (χ1n) is 7.46. The summed E-state index contributed by atoms with van der Waals surface area (Å²) >= 11 is 0. The third-order valence-electron chi connectivity index (χ3n) is 3.78. The van der Waals surface area contributed by atoms with E-state index in [0.717, 1.165) is 6.04 Å². The Morgan fingerprint density at radius 3 is 1.95 bits per heavy atom. The number of nitrogens with zero attached hydrogens (tertiary/aromatic N) is 2. The van der Waals surface area contributed by atoms with E-state index in [1.807, 2.05) is 20.8 Å². The molecule has 1 heterocycles. The normalized spacial score (nSPS) is 22.7. The lowest BCUT2D eigenvalue weighted by molar-refractivity contribution is -0.138. The third-order valence-corrected chi connectivity index (χ3v) is 3.78. The van der Waals surface area contributed by atoms with Gasteiger partial charge >= 0.3 is 0 Å². The van der Waals surface area contributed by atoms with Crippen LogP contribution in [0.4, 0.5) is 0 Å². The lowest BCUT2D eigenvalue weighted by Crippen LogP contribution is -2.48. The molecule has 2 fully saturated rings. The van der Waals surface area contributed by atoms with Crippen LogP contribution in [-0.2, 0) is 9.53 Å². The molecule has 0 spiro atoms. The minimum Gasteiger partial charge on any atom is -0.462 e. The zero-order chi connectivity index (χ0) is 14.3. The fourth-order valence-corrected chi connectivity index (χ4v) is 2.60. The van der Waals surface area contributed by atoms with Crippen molar-refractivity contribution < 1.29 is 9.53 Å². The van der Waals surface area contributed by atoms with E-state index in [0.29, 0.717) is 6.47 Å². The van der Waals surface area contributed by atoms with Crippen LogP contribution in [0.3, 0.4) is 0 Å². The molecule has 1 aliphatic carbocycles. The molecule has 0 radical (unpaired) electrons. The molecule has 2 rings (SSSR count). The maximum atomic E-state index is 9.60. The predicted molar refractivity (Wildman–Crippen MR) is 78.2 cm³/mol. The van der Waals surface area contributed by atoms with Crippen LogP contribution < -0.4 is 0 Å². The maximum Gasteiger partial charge on any atom is 0.293 e. The van der Waals surface area contributed by atoms with Gasteiger partial charge in [0.2, 0.25) is 0 Å². The predicted octanol–water partition coefficient (Wildman–Crippen LogP) is 2.13. The summed E-state index contributed by atoms with van der Waals surface area (Å²) in [4.78, 5) is 14.7. The number of carbonyl (C=O) groups is 1. The molecule has 0 aromatic carbocycles. The number of hydrogen-bond donors (Lipinski definition) is 0. The number of piperazine rings is 1. The quantitative estimate of drug-likeness (QED) is 0.720. The average Bonchev–Trinajstić information content (AvgIpc) is 2.83. The molecular weight excluding hydrogens is 240 g/mol. The molecule has 0 amide bonds. The Bertz CT molecular complexity index is 249. The molecule has 1 saturated carbocycles. The van der Waals surface area contributed by atoms with Gasteiger partial charge in [0.05, 0.1) is 0 Å². The smallest absolute Gasteiger partial charge is 0.293 e. The van der Waals surface area contributed by atoms with Gasteiger partial charge in [0.25, 0.3) is 6.47 Å². The highest BCUT2D eigenvalue weighted by Gasteiger charge is 2.24. The topological polar surface area (TPSA) is 32.8 Å². The number of likely N-dealkylation sites (N-methyl/N-ethyl adjacent to an activating group) is 1. The van der Waals surface area contributed by atoms with Gasteiger partial charge < -0.3 is 9.64 Å². The number of carbonyl (C=O) groups excluding carboxylic acids is 1. The van der Waals surface area contributed by atoms with E-state index >= 15 is 0 Å². The Morgan fingerprint density at radius 2 is 1.58 bits per heavy atom. The molecule has 0 bridgehead atoms. The summed E-state index contributed by atoms with van der Waals surface area (Å²) in [6.07, 6.45) is 5.86. The van der Waals surface area contributed by atoms with Crippen LogP contribution in [0.2, 0.25) is 0 Å². The molecule has 1 aliphatic heterocycles.